The van der Waals surface area contributed by atoms with Crippen LogP contribution in [0.25, 0.3) is 0 Å². The molecule has 0 saturated heterocycles. The van der Waals surface area contributed by atoms with Gasteiger partial charge in [0.15, 0.2) is 6.10 Å². The van der Waals surface area contributed by atoms with Gasteiger partial charge in [-0.05, 0) is 0 Å². The molecule has 13 heavy (non-hydrogen) atoms. The Kier molecular flexibility index (Phi) is 4.49. The fourth-order valence-corrected chi connectivity index (χ4v) is 0.624. The number of hydrogen-bond acceptors (Lipinski definition) is 6. The van der Waals surface area contributed by atoms with Crippen LogP contribution in [0.1, 0.15) is 0 Å². The Morgan fingerprint density at radius 2 is 1.77 bits per heavy atom. The van der Waals surface area contributed by atoms with E-state index in [1.54, 1.807) is 0 Å². The van der Waals surface area contributed by atoms with E-state index in [9.17, 15) is 9.59 Å². The number of nitrogens with two attached hydrogens (primary N) is 1. The minimum absolute atomic E-state index is 0.662. The van der Waals surface area contributed by atoms with Gasteiger partial charge < -0.3 is 26.2 Å². The van der Waals surface area contributed by atoms with Crippen LogP contribution in [-0.4, -0.2) is 57.0 Å². The molecule has 0 saturated carbocycles. The Morgan fingerprint density at radius 3 is 2.08 bits per heavy atom. The van der Waals surface area contributed by atoms with Crippen molar-refractivity contribution in [2.24, 2.45) is 5.73 Å². The second-order valence-electron chi connectivity index (χ2n) is 2.45. The minimum atomic E-state index is -2.11. The quantitative estimate of drug-likeness (QED) is 0.288. The lowest BCUT2D eigenvalue weighted by atomic mass is 10.0. The van der Waals surface area contributed by atoms with Crippen molar-refractivity contribution in [3.63, 3.8) is 0 Å². The lowest BCUT2D eigenvalue weighted by Crippen LogP contribution is -2.50. The zero-order valence-electron chi connectivity index (χ0n) is 6.62. The molecule has 6 N–H and O–H groups in total. The van der Waals surface area contributed by atoms with Gasteiger partial charge in [-0.15, -0.1) is 0 Å². The molecule has 0 aliphatic carbocycles. The van der Waals surface area contributed by atoms with Crippen molar-refractivity contribution in [1.29, 1.82) is 0 Å². The monoisotopic (exact) mass is 193 g/mol. The summed E-state index contributed by atoms with van der Waals surface area (Å²) in [6.45, 7) is -0.662. The highest BCUT2D eigenvalue weighted by Crippen LogP contribution is 1.99. The van der Waals surface area contributed by atoms with E-state index in [0.29, 0.717) is 0 Å². The van der Waals surface area contributed by atoms with Gasteiger partial charge in [0, 0.05) is 0 Å². The van der Waals surface area contributed by atoms with Gasteiger partial charge in [-0.25, -0.2) is 4.79 Å². The number of Topliss-reactive ketones (excluding diaryl/α,β-unsaturated/α-hetero) is 1. The number of rotatable bonds is 5. The van der Waals surface area contributed by atoms with Crippen molar-refractivity contribution in [1.82, 2.24) is 0 Å². The van der Waals surface area contributed by atoms with Crippen molar-refractivity contribution >= 4 is 11.8 Å². The zero-order valence-corrected chi connectivity index (χ0v) is 6.62. The van der Waals surface area contributed by atoms with Crippen LogP contribution < -0.4 is 5.73 Å². The first-order chi connectivity index (χ1) is 5.91. The third-order valence-electron chi connectivity index (χ3n) is 1.45. The average Bonchev–Trinajstić information content (AvgIpc) is 2.12. The van der Waals surface area contributed by atoms with Crippen LogP contribution in [0.4, 0.5) is 0 Å². The summed E-state index contributed by atoms with van der Waals surface area (Å²) < 4.78 is 0. The first-order valence-electron chi connectivity index (χ1n) is 3.41. The Morgan fingerprint density at radius 1 is 1.31 bits per heavy atom. The van der Waals surface area contributed by atoms with Crippen LogP contribution in [0.2, 0.25) is 0 Å². The number of aliphatic hydroxyl groups is 3. The van der Waals surface area contributed by atoms with E-state index in [-0.39, 0.29) is 0 Å². The summed E-state index contributed by atoms with van der Waals surface area (Å²) in [6.07, 6.45) is -3.90. The molecule has 76 valence electrons. The van der Waals surface area contributed by atoms with Crippen molar-refractivity contribution in [2.45, 2.75) is 18.2 Å². The minimum Gasteiger partial charge on any atom is -0.475 e. The van der Waals surface area contributed by atoms with Crippen molar-refractivity contribution in [3.8, 4) is 0 Å². The summed E-state index contributed by atoms with van der Waals surface area (Å²) >= 11 is 0. The number of carboxylic acid groups (broad SMARTS) is 1. The fourth-order valence-electron chi connectivity index (χ4n) is 0.624. The summed E-state index contributed by atoms with van der Waals surface area (Å²) in [5.74, 6) is -3.42. The van der Waals surface area contributed by atoms with E-state index >= 15 is 0 Å². The predicted octanol–water partition coefficient (Wildman–Crippen LogP) is -3.32. The number of aliphatic carboxylic acids is 1. The van der Waals surface area contributed by atoms with Gasteiger partial charge in [-0.2, -0.15) is 0 Å². The summed E-state index contributed by atoms with van der Waals surface area (Å²) in [5.41, 5.74) is 5.05. The van der Waals surface area contributed by atoms with Crippen molar-refractivity contribution in [2.75, 3.05) is 6.61 Å². The van der Waals surface area contributed by atoms with E-state index in [2.05, 4.69) is 0 Å². The maximum Gasteiger partial charge on any atom is 0.375 e. The largest absolute Gasteiger partial charge is 0.475 e. The van der Waals surface area contributed by atoms with Gasteiger partial charge in [0.2, 0.25) is 0 Å². The molecule has 0 aromatic heterocycles. The van der Waals surface area contributed by atoms with Crippen LogP contribution in [0.15, 0.2) is 0 Å². The van der Waals surface area contributed by atoms with Gasteiger partial charge in [-0.1, -0.05) is 0 Å². The van der Waals surface area contributed by atoms with Gasteiger partial charge in [0.25, 0.3) is 5.78 Å². The highest BCUT2D eigenvalue weighted by Gasteiger charge is 2.32. The van der Waals surface area contributed by atoms with Crippen LogP contribution in [0.5, 0.6) is 0 Å². The van der Waals surface area contributed by atoms with E-state index in [1.807, 2.05) is 0 Å². The number of ketones is 1. The molecule has 0 aromatic rings. The number of carbonyl (C=O) groups is 2. The smallest absolute Gasteiger partial charge is 0.375 e. The molecule has 0 aliphatic rings. The highest BCUT2D eigenvalue weighted by molar-refractivity contribution is 6.34. The molecule has 0 aromatic carbocycles. The zero-order chi connectivity index (χ0) is 10.6. The van der Waals surface area contributed by atoms with Crippen molar-refractivity contribution < 1.29 is 30.0 Å². The molecule has 0 bridgehead atoms. The normalized spacial score (nSPS) is 17.5. The number of carbonyl (C=O) groups excluding carboxylic acids is 1. The fraction of sp³-hybridized carbons (Fsp3) is 0.667. The second-order valence-corrected chi connectivity index (χ2v) is 2.45. The predicted molar refractivity (Wildman–Crippen MR) is 39.7 cm³/mol. The van der Waals surface area contributed by atoms with Crippen LogP contribution in [0, 0.1) is 0 Å². The third-order valence-corrected chi connectivity index (χ3v) is 1.45. The topological polar surface area (TPSA) is 141 Å². The molecule has 0 heterocycles. The third kappa shape index (κ3) is 3.07. The SMILES string of the molecule is NC(CO)C(O)C(O)C(=O)C(=O)O. The molecule has 3 unspecified atom stereocenters. The maximum absolute atomic E-state index is 10.6. The summed E-state index contributed by atoms with van der Waals surface area (Å²) in [7, 11) is 0. The molecule has 0 spiro atoms. The molecule has 0 aliphatic heterocycles. The van der Waals surface area contributed by atoms with Gasteiger partial charge in [0.1, 0.15) is 6.10 Å². The summed E-state index contributed by atoms with van der Waals surface area (Å²) in [4.78, 5) is 20.6. The van der Waals surface area contributed by atoms with Crippen molar-refractivity contribution in [3.05, 3.63) is 0 Å². The van der Waals surface area contributed by atoms with Gasteiger partial charge in [0.05, 0.1) is 12.6 Å². The maximum atomic E-state index is 10.6. The average molecular weight is 193 g/mol. The highest BCUT2D eigenvalue weighted by atomic mass is 16.4. The number of carboxylic acids is 1. The van der Waals surface area contributed by atoms with Gasteiger partial charge in [-0.3, -0.25) is 4.79 Å². The molecule has 7 nitrogen and oxygen atoms in total. The number of aliphatic hydroxyl groups excluding tert-OH is 3. The van der Waals surface area contributed by atoms with E-state index in [1.165, 1.54) is 0 Å². The molecule has 7 heteroatoms. The molecular formula is C6H11NO6. The lowest BCUT2D eigenvalue weighted by Gasteiger charge is -2.19. The Balaban J connectivity index is 4.33. The molecule has 0 fully saturated rings. The second kappa shape index (κ2) is 4.87. The lowest BCUT2D eigenvalue weighted by molar-refractivity contribution is -0.156. The summed E-state index contributed by atoms with van der Waals surface area (Å²) in [5, 5.41) is 34.4. The molecule has 0 amide bonds. The molecule has 3 atom stereocenters. The van der Waals surface area contributed by atoms with Crippen LogP contribution in [-0.2, 0) is 9.59 Å². The molecule has 0 rings (SSSR count). The van der Waals surface area contributed by atoms with Gasteiger partial charge >= 0.3 is 5.97 Å². The standard InChI is InChI=1S/C6H11NO6/c7-2(1-8)3(9)4(10)5(11)6(12)13/h2-4,8-10H,1,7H2,(H,12,13). The first kappa shape index (κ1) is 12.0. The Bertz CT molecular complexity index is 205. The Labute approximate surface area is 73.4 Å². The van der Waals surface area contributed by atoms with Crippen LogP contribution in [0.3, 0.4) is 0 Å². The molecular weight excluding hydrogens is 182 g/mol. The van der Waals surface area contributed by atoms with Crippen LogP contribution >= 0.6 is 0 Å². The van der Waals surface area contributed by atoms with E-state index in [0.717, 1.165) is 0 Å². The molecule has 0 radical (unpaired) electrons. The van der Waals surface area contributed by atoms with E-state index in [4.69, 9.17) is 26.2 Å². The Hall–Kier alpha value is -1.02. The summed E-state index contributed by atoms with van der Waals surface area (Å²) in [6, 6.07) is -1.25. The number of hydrogen-bond donors (Lipinski definition) is 5. The van der Waals surface area contributed by atoms with E-state index < -0.39 is 36.6 Å². The first-order valence-corrected chi connectivity index (χ1v) is 3.41.